The van der Waals surface area contributed by atoms with E-state index in [-0.39, 0.29) is 18.1 Å². The number of benzene rings is 1. The number of halogens is 3. The molecule has 2 rings (SSSR count). The first-order valence-electron chi connectivity index (χ1n) is 5.76. The van der Waals surface area contributed by atoms with Crippen LogP contribution in [0.3, 0.4) is 0 Å². The minimum Gasteiger partial charge on any atom is -0.481 e. The SMILES string of the molecule is COc1ccnc(NCc2ccccc2C(F)(F)F)n1. The molecule has 0 unspecified atom stereocenters. The van der Waals surface area contributed by atoms with Crippen LogP contribution in [0.5, 0.6) is 5.88 Å². The van der Waals surface area contributed by atoms with E-state index in [1.165, 1.54) is 25.4 Å². The maximum absolute atomic E-state index is 12.8. The molecule has 1 aromatic carbocycles. The summed E-state index contributed by atoms with van der Waals surface area (Å²) in [4.78, 5) is 7.88. The highest BCUT2D eigenvalue weighted by atomic mass is 19.4. The van der Waals surface area contributed by atoms with Gasteiger partial charge in [0.1, 0.15) is 0 Å². The summed E-state index contributed by atoms with van der Waals surface area (Å²) < 4.78 is 43.4. The molecule has 1 aromatic heterocycles. The molecule has 0 aliphatic carbocycles. The molecule has 0 radical (unpaired) electrons. The molecule has 7 heteroatoms. The fourth-order valence-corrected chi connectivity index (χ4v) is 1.67. The van der Waals surface area contributed by atoms with E-state index in [0.29, 0.717) is 5.88 Å². The highest BCUT2D eigenvalue weighted by Gasteiger charge is 2.32. The normalized spacial score (nSPS) is 11.2. The monoisotopic (exact) mass is 283 g/mol. The van der Waals surface area contributed by atoms with Crippen molar-refractivity contribution in [1.82, 2.24) is 9.97 Å². The molecule has 1 heterocycles. The number of alkyl halides is 3. The Labute approximate surface area is 113 Å². The Bertz CT molecular complexity index is 587. The van der Waals surface area contributed by atoms with Gasteiger partial charge in [0.2, 0.25) is 11.8 Å². The first-order chi connectivity index (χ1) is 9.50. The molecule has 0 aliphatic rings. The van der Waals surface area contributed by atoms with E-state index in [9.17, 15) is 13.2 Å². The van der Waals surface area contributed by atoms with E-state index < -0.39 is 11.7 Å². The number of rotatable bonds is 4. The van der Waals surface area contributed by atoms with E-state index >= 15 is 0 Å². The molecule has 2 aromatic rings. The molecule has 0 saturated carbocycles. The van der Waals surface area contributed by atoms with Crippen molar-refractivity contribution >= 4 is 5.95 Å². The maximum Gasteiger partial charge on any atom is 0.416 e. The second-order valence-corrected chi connectivity index (χ2v) is 3.93. The molecule has 0 saturated heterocycles. The zero-order valence-electron chi connectivity index (χ0n) is 10.6. The van der Waals surface area contributed by atoms with E-state index in [4.69, 9.17) is 4.74 Å². The third-order valence-corrected chi connectivity index (χ3v) is 2.60. The molecular formula is C13H12F3N3O. The van der Waals surface area contributed by atoms with Crippen LogP contribution in [-0.2, 0) is 12.7 Å². The third kappa shape index (κ3) is 3.37. The minimum absolute atomic E-state index is 0.0249. The maximum atomic E-state index is 12.8. The fraction of sp³-hybridized carbons (Fsp3) is 0.231. The fourth-order valence-electron chi connectivity index (χ4n) is 1.67. The van der Waals surface area contributed by atoms with E-state index in [2.05, 4.69) is 15.3 Å². The van der Waals surface area contributed by atoms with Gasteiger partial charge in [0, 0.05) is 18.8 Å². The van der Waals surface area contributed by atoms with Gasteiger partial charge in [0.15, 0.2) is 0 Å². The van der Waals surface area contributed by atoms with Crippen LogP contribution in [0, 0.1) is 0 Å². The quantitative estimate of drug-likeness (QED) is 0.936. The average molecular weight is 283 g/mol. The van der Waals surface area contributed by atoms with Crippen molar-refractivity contribution in [2.24, 2.45) is 0 Å². The van der Waals surface area contributed by atoms with E-state index in [0.717, 1.165) is 6.07 Å². The highest BCUT2D eigenvalue weighted by molar-refractivity contribution is 5.34. The lowest BCUT2D eigenvalue weighted by atomic mass is 10.1. The van der Waals surface area contributed by atoms with Crippen molar-refractivity contribution in [3.8, 4) is 5.88 Å². The molecule has 0 atom stereocenters. The molecule has 20 heavy (non-hydrogen) atoms. The molecule has 4 nitrogen and oxygen atoms in total. The van der Waals surface area contributed by atoms with Crippen LogP contribution < -0.4 is 10.1 Å². The van der Waals surface area contributed by atoms with Crippen molar-refractivity contribution in [2.75, 3.05) is 12.4 Å². The second kappa shape index (κ2) is 5.77. The molecule has 106 valence electrons. The van der Waals surface area contributed by atoms with Crippen molar-refractivity contribution in [2.45, 2.75) is 12.7 Å². The molecule has 1 N–H and O–H groups in total. The summed E-state index contributed by atoms with van der Waals surface area (Å²) in [5.41, 5.74) is -0.540. The summed E-state index contributed by atoms with van der Waals surface area (Å²) in [6.45, 7) is -0.0249. The van der Waals surface area contributed by atoms with Crippen LogP contribution in [0.4, 0.5) is 19.1 Å². The number of nitrogens with one attached hydrogen (secondary N) is 1. The lowest BCUT2D eigenvalue weighted by Gasteiger charge is -2.13. The number of hydrogen-bond acceptors (Lipinski definition) is 4. The predicted molar refractivity (Wildman–Crippen MR) is 67.4 cm³/mol. The first-order valence-corrected chi connectivity index (χ1v) is 5.76. The summed E-state index contributed by atoms with van der Waals surface area (Å²) in [7, 11) is 1.45. The van der Waals surface area contributed by atoms with Gasteiger partial charge >= 0.3 is 6.18 Å². The van der Waals surface area contributed by atoms with E-state index in [1.54, 1.807) is 12.1 Å². The van der Waals surface area contributed by atoms with Gasteiger partial charge in [-0.3, -0.25) is 0 Å². The van der Waals surface area contributed by atoms with Gasteiger partial charge in [-0.15, -0.1) is 0 Å². The first kappa shape index (κ1) is 14.1. The number of hydrogen-bond donors (Lipinski definition) is 1. The summed E-state index contributed by atoms with van der Waals surface area (Å²) in [6.07, 6.45) is -2.92. The van der Waals surface area contributed by atoms with Crippen LogP contribution in [0.2, 0.25) is 0 Å². The van der Waals surface area contributed by atoms with Crippen molar-refractivity contribution in [3.05, 3.63) is 47.7 Å². The van der Waals surface area contributed by atoms with Gasteiger partial charge < -0.3 is 10.1 Å². The van der Waals surface area contributed by atoms with Crippen molar-refractivity contribution in [1.29, 1.82) is 0 Å². The second-order valence-electron chi connectivity index (χ2n) is 3.93. The smallest absolute Gasteiger partial charge is 0.416 e. The zero-order valence-corrected chi connectivity index (χ0v) is 10.6. The number of aromatic nitrogens is 2. The molecular weight excluding hydrogens is 271 g/mol. The van der Waals surface area contributed by atoms with Gasteiger partial charge in [0.05, 0.1) is 12.7 Å². The van der Waals surface area contributed by atoms with Gasteiger partial charge in [-0.25, -0.2) is 4.98 Å². The lowest BCUT2D eigenvalue weighted by molar-refractivity contribution is -0.138. The van der Waals surface area contributed by atoms with Crippen LogP contribution in [0.15, 0.2) is 36.5 Å². The Morgan fingerprint density at radius 1 is 1.20 bits per heavy atom. The third-order valence-electron chi connectivity index (χ3n) is 2.60. The number of ether oxygens (including phenoxy) is 1. The predicted octanol–water partition coefficient (Wildman–Crippen LogP) is 3.12. The molecule has 0 spiro atoms. The lowest BCUT2D eigenvalue weighted by Crippen LogP contribution is -2.12. The molecule has 0 bridgehead atoms. The van der Waals surface area contributed by atoms with Crippen LogP contribution in [-0.4, -0.2) is 17.1 Å². The summed E-state index contributed by atoms with van der Waals surface area (Å²) in [5, 5.41) is 2.75. The summed E-state index contributed by atoms with van der Waals surface area (Å²) >= 11 is 0. The Morgan fingerprint density at radius 2 is 1.95 bits per heavy atom. The van der Waals surface area contributed by atoms with Gasteiger partial charge in [-0.1, -0.05) is 18.2 Å². The number of anilines is 1. The van der Waals surface area contributed by atoms with Gasteiger partial charge in [-0.05, 0) is 11.6 Å². The largest absolute Gasteiger partial charge is 0.481 e. The van der Waals surface area contributed by atoms with Crippen molar-refractivity contribution in [3.63, 3.8) is 0 Å². The molecule has 0 aliphatic heterocycles. The van der Waals surface area contributed by atoms with Crippen molar-refractivity contribution < 1.29 is 17.9 Å². The zero-order chi connectivity index (χ0) is 14.6. The van der Waals surface area contributed by atoms with Gasteiger partial charge in [0.25, 0.3) is 0 Å². The van der Waals surface area contributed by atoms with Crippen LogP contribution >= 0.6 is 0 Å². The Morgan fingerprint density at radius 3 is 2.65 bits per heavy atom. The topological polar surface area (TPSA) is 47.0 Å². The molecule has 0 amide bonds. The highest BCUT2D eigenvalue weighted by Crippen LogP contribution is 2.32. The summed E-state index contributed by atoms with van der Waals surface area (Å²) in [6, 6.07) is 6.92. The Balaban J connectivity index is 2.15. The van der Waals surface area contributed by atoms with Crippen LogP contribution in [0.1, 0.15) is 11.1 Å². The van der Waals surface area contributed by atoms with E-state index in [1.807, 2.05) is 0 Å². The van der Waals surface area contributed by atoms with Crippen LogP contribution in [0.25, 0.3) is 0 Å². The molecule has 0 fully saturated rings. The Hall–Kier alpha value is -2.31. The average Bonchev–Trinajstić information content (AvgIpc) is 2.44. The standard InChI is InChI=1S/C13H12F3N3O/c1-20-11-6-7-17-12(19-11)18-8-9-4-2-3-5-10(9)13(14,15)16/h2-7H,8H2,1H3,(H,17,18,19). The minimum atomic E-state index is -4.38. The Kier molecular flexibility index (Phi) is 4.07. The number of methoxy groups -OCH3 is 1. The van der Waals surface area contributed by atoms with Gasteiger partial charge in [-0.2, -0.15) is 18.2 Å². The summed E-state index contributed by atoms with van der Waals surface area (Å²) in [5.74, 6) is 0.549. The number of nitrogens with zero attached hydrogens (tertiary/aromatic N) is 2.